The summed E-state index contributed by atoms with van der Waals surface area (Å²) in [4.78, 5) is 2.03. The van der Waals surface area contributed by atoms with E-state index < -0.39 is 41.7 Å². The summed E-state index contributed by atoms with van der Waals surface area (Å²) in [6, 6.07) is 56.7. The molecule has 0 atom stereocenters. The summed E-state index contributed by atoms with van der Waals surface area (Å²) in [6.07, 6.45) is 0. The van der Waals surface area contributed by atoms with Crippen LogP contribution < -0.4 is 4.90 Å². The monoisotopic (exact) mass is 771 g/mol. The fourth-order valence-corrected chi connectivity index (χ4v) is 9.62. The first-order valence-electron chi connectivity index (χ1n) is 25.0. The van der Waals surface area contributed by atoms with Gasteiger partial charge in [-0.1, -0.05) is 188 Å². The van der Waals surface area contributed by atoms with Crippen molar-refractivity contribution in [1.82, 2.24) is 0 Å². The Hall–Kier alpha value is -7.74. The number of benzene rings is 10. The highest BCUT2D eigenvalue weighted by Gasteiger charge is 2.51. The lowest BCUT2D eigenvalue weighted by molar-refractivity contribution is 0.794. The van der Waals surface area contributed by atoms with Gasteiger partial charge in [-0.15, -0.1) is 0 Å². The molecule has 0 fully saturated rings. The quantitative estimate of drug-likeness (QED) is 0.163. The molecule has 0 heterocycles. The van der Waals surface area contributed by atoms with Gasteiger partial charge < -0.3 is 4.90 Å². The number of hydrogen-bond acceptors (Lipinski definition) is 1. The van der Waals surface area contributed by atoms with E-state index in [1.54, 1.807) is 24.3 Å². The molecule has 2 aliphatic rings. The maximum Gasteiger partial charge on any atom is 0.0725 e. The first kappa shape index (κ1) is 25.6. The van der Waals surface area contributed by atoms with Crippen molar-refractivity contribution in [3.05, 3.63) is 259 Å². The number of hydrogen-bond donors (Lipinski definition) is 0. The minimum absolute atomic E-state index is 0.106. The second kappa shape index (κ2) is 13.7. The first-order valence-corrected chi connectivity index (χ1v) is 20.0. The third kappa shape index (κ3) is 5.26. The second-order valence-electron chi connectivity index (χ2n) is 15.3. The molecule has 0 radical (unpaired) electrons. The third-order valence-corrected chi connectivity index (χ3v) is 12.2. The largest absolute Gasteiger partial charge is 0.310 e. The molecule has 0 N–H and O–H groups in total. The van der Waals surface area contributed by atoms with Gasteiger partial charge in [-0.2, -0.15) is 0 Å². The molecule has 12 rings (SSSR count). The highest BCUT2D eigenvalue weighted by Crippen LogP contribution is 2.63. The third-order valence-electron chi connectivity index (χ3n) is 12.2. The van der Waals surface area contributed by atoms with E-state index in [0.29, 0.717) is 22.5 Å². The van der Waals surface area contributed by atoms with Gasteiger partial charge in [0.1, 0.15) is 0 Å². The fourth-order valence-electron chi connectivity index (χ4n) is 9.62. The molecule has 0 bridgehead atoms. The van der Waals surface area contributed by atoms with E-state index in [2.05, 4.69) is 121 Å². The average Bonchev–Trinajstić information content (AvgIpc) is 3.86. The molecule has 2 aliphatic carbocycles. The summed E-state index contributed by atoms with van der Waals surface area (Å²) in [5.74, 6) is 0. The highest BCUT2D eigenvalue weighted by atomic mass is 15.1. The van der Waals surface area contributed by atoms with Gasteiger partial charge in [0, 0.05) is 17.1 Å². The van der Waals surface area contributed by atoms with Crippen LogP contribution in [0.15, 0.2) is 236 Å². The van der Waals surface area contributed by atoms with Crippen molar-refractivity contribution >= 4 is 27.8 Å². The van der Waals surface area contributed by atoms with Crippen molar-refractivity contribution < 1.29 is 13.7 Å². The molecule has 1 spiro atoms. The summed E-state index contributed by atoms with van der Waals surface area (Å²) < 4.78 is 83.6. The molecule has 10 aromatic carbocycles. The summed E-state index contributed by atoms with van der Waals surface area (Å²) in [6.45, 7) is 0. The smallest absolute Gasteiger partial charge is 0.0725 e. The van der Waals surface area contributed by atoms with E-state index in [0.717, 1.165) is 27.6 Å². The maximum atomic E-state index is 8.59. The Labute approximate surface area is 365 Å². The van der Waals surface area contributed by atoms with E-state index in [4.69, 9.17) is 13.7 Å². The predicted molar refractivity (Wildman–Crippen MR) is 251 cm³/mol. The number of rotatable bonds is 6. The predicted octanol–water partition coefficient (Wildman–Crippen LogP) is 15.7. The summed E-state index contributed by atoms with van der Waals surface area (Å²) in [5.41, 5.74) is 15.3. The van der Waals surface area contributed by atoms with Crippen LogP contribution in [-0.4, -0.2) is 0 Å². The van der Waals surface area contributed by atoms with Crippen molar-refractivity contribution in [3.63, 3.8) is 0 Å². The van der Waals surface area contributed by atoms with Crippen LogP contribution in [-0.2, 0) is 5.41 Å². The molecule has 0 unspecified atom stereocenters. The maximum absolute atomic E-state index is 8.59. The van der Waals surface area contributed by atoms with Crippen LogP contribution in [0.4, 0.5) is 17.1 Å². The highest BCUT2D eigenvalue weighted by molar-refractivity contribution is 5.97. The Morgan fingerprint density at radius 1 is 0.300 bits per heavy atom. The lowest BCUT2D eigenvalue weighted by Gasteiger charge is -2.30. The second-order valence-corrected chi connectivity index (χ2v) is 15.3. The number of anilines is 3. The lowest BCUT2D eigenvalue weighted by Crippen LogP contribution is -2.25. The van der Waals surface area contributed by atoms with E-state index in [1.807, 2.05) is 35.2 Å². The molecule has 0 saturated carbocycles. The van der Waals surface area contributed by atoms with Gasteiger partial charge in [0.05, 0.1) is 19.1 Å². The Bertz CT molecular complexity index is 3610. The van der Waals surface area contributed by atoms with Gasteiger partial charge in [0.15, 0.2) is 0 Å². The van der Waals surface area contributed by atoms with Gasteiger partial charge in [0.25, 0.3) is 0 Å². The molecule has 1 nitrogen and oxygen atoms in total. The zero-order chi connectivity index (χ0) is 48.3. The fraction of sp³-hybridized carbons (Fsp3) is 0.0169. The molecule has 0 amide bonds. The van der Waals surface area contributed by atoms with Gasteiger partial charge in [-0.05, 0) is 137 Å². The topological polar surface area (TPSA) is 3.24 Å². The molecule has 280 valence electrons. The van der Waals surface area contributed by atoms with Crippen molar-refractivity contribution in [3.8, 4) is 55.6 Å². The van der Waals surface area contributed by atoms with E-state index in [9.17, 15) is 0 Å². The summed E-state index contributed by atoms with van der Waals surface area (Å²) in [5, 5.41) is 2.02. The van der Waals surface area contributed by atoms with Crippen LogP contribution >= 0.6 is 0 Å². The van der Waals surface area contributed by atoms with Crippen LogP contribution in [0.2, 0.25) is 0 Å². The minimum Gasteiger partial charge on any atom is -0.310 e. The normalized spacial score (nSPS) is 15.1. The summed E-state index contributed by atoms with van der Waals surface area (Å²) in [7, 11) is 0. The van der Waals surface area contributed by atoms with Gasteiger partial charge >= 0.3 is 0 Å². The molecule has 0 aliphatic heterocycles. The Morgan fingerprint density at radius 3 is 1.23 bits per heavy atom. The van der Waals surface area contributed by atoms with Crippen LogP contribution in [0.1, 0.15) is 36.0 Å². The van der Waals surface area contributed by atoms with E-state index in [-0.39, 0.29) is 35.3 Å². The van der Waals surface area contributed by atoms with Crippen LogP contribution in [0, 0.1) is 0 Å². The molecule has 0 saturated heterocycles. The molecule has 0 aromatic heterocycles. The van der Waals surface area contributed by atoms with Crippen molar-refractivity contribution in [1.29, 1.82) is 0 Å². The Kier molecular flexibility index (Phi) is 5.84. The zero-order valence-electron chi connectivity index (χ0n) is 42.2. The van der Waals surface area contributed by atoms with Gasteiger partial charge in [-0.25, -0.2) is 0 Å². The Morgan fingerprint density at radius 2 is 0.700 bits per heavy atom. The molecule has 1 heteroatoms. The minimum atomic E-state index is -0.454. The molecular formula is C59H39N. The lowest BCUT2D eigenvalue weighted by atomic mass is 9.70. The van der Waals surface area contributed by atoms with Gasteiger partial charge in [0.2, 0.25) is 0 Å². The standard InChI is InChI=1S/C59H39N/c1-3-13-40(14-4-1)42-25-31-48(32-26-42)60(49-33-27-43(28-34-49)41-15-5-2-6-16-41)50-35-29-45-37-44(23-24-46(45)38-50)47-30-36-54-53-19-9-12-22-57(53)59(58(54)39-47)55-20-10-7-17-51(55)52-18-8-11-21-56(52)59/h1-39H/i1D,2D,3D,4D,5D,6D,13D,14D,15D,16D. The first-order chi connectivity index (χ1) is 33.9. The van der Waals surface area contributed by atoms with E-state index >= 15 is 0 Å². The SMILES string of the molecule is [2H]c1c([2H])c([2H])c(-c2ccc(N(c3ccc(-c4c([2H])c([2H])c([2H])c([2H])c4[2H])cc3)c3ccc4cc(-c5ccc6c(c5)C5(c7ccccc7-c7ccccc75)c5ccccc5-6)ccc4c3)cc2)c([2H])c1[2H]. The van der Waals surface area contributed by atoms with Crippen LogP contribution in [0.25, 0.3) is 66.4 Å². The van der Waals surface area contributed by atoms with Crippen LogP contribution in [0.3, 0.4) is 0 Å². The molecule has 60 heavy (non-hydrogen) atoms. The van der Waals surface area contributed by atoms with Crippen molar-refractivity contribution in [2.45, 2.75) is 5.41 Å². The number of nitrogens with zero attached hydrogens (tertiary/aromatic N) is 1. The van der Waals surface area contributed by atoms with Gasteiger partial charge in [-0.3, -0.25) is 0 Å². The number of fused-ring (bicyclic) bond motifs is 11. The Balaban J connectivity index is 0.960. The molecule has 10 aromatic rings. The van der Waals surface area contributed by atoms with E-state index in [1.165, 1.54) is 44.5 Å². The van der Waals surface area contributed by atoms with Crippen molar-refractivity contribution in [2.75, 3.05) is 4.90 Å². The van der Waals surface area contributed by atoms with Crippen LogP contribution in [0.5, 0.6) is 0 Å². The van der Waals surface area contributed by atoms with Crippen molar-refractivity contribution in [2.24, 2.45) is 0 Å². The zero-order valence-corrected chi connectivity index (χ0v) is 32.2. The summed E-state index contributed by atoms with van der Waals surface area (Å²) >= 11 is 0. The molecular weight excluding hydrogens is 723 g/mol. The average molecular weight is 772 g/mol.